The second-order valence-corrected chi connectivity index (χ2v) is 7.86. The standard InChI is InChI=1S/C17H32O4/c1-9-17(10-2,11-20-13(18)15(3,4)5)12-21-14(19)16(6,7)8/h9-12H2,1-8H3. The first-order chi connectivity index (χ1) is 9.38. The van der Waals surface area contributed by atoms with Gasteiger partial charge >= 0.3 is 11.9 Å². The van der Waals surface area contributed by atoms with Crippen LogP contribution in [0, 0.1) is 16.2 Å². The van der Waals surface area contributed by atoms with Gasteiger partial charge < -0.3 is 9.47 Å². The minimum atomic E-state index is -0.519. The molecule has 0 unspecified atom stereocenters. The van der Waals surface area contributed by atoms with Crippen molar-refractivity contribution in [2.45, 2.75) is 68.2 Å². The summed E-state index contributed by atoms with van der Waals surface area (Å²) in [6, 6.07) is 0. The largest absolute Gasteiger partial charge is 0.465 e. The Morgan fingerprint density at radius 1 is 0.714 bits per heavy atom. The second kappa shape index (κ2) is 7.28. The van der Waals surface area contributed by atoms with Crippen LogP contribution in [0.25, 0.3) is 0 Å². The van der Waals surface area contributed by atoms with Crippen LogP contribution in [0.15, 0.2) is 0 Å². The second-order valence-electron chi connectivity index (χ2n) is 7.86. The molecule has 0 bridgehead atoms. The molecular weight excluding hydrogens is 268 g/mol. The fourth-order valence-electron chi connectivity index (χ4n) is 1.57. The van der Waals surface area contributed by atoms with Gasteiger partial charge in [-0.3, -0.25) is 9.59 Å². The average Bonchev–Trinajstić information content (AvgIpc) is 2.36. The minimum Gasteiger partial charge on any atom is -0.465 e. The molecule has 0 aliphatic carbocycles. The van der Waals surface area contributed by atoms with Crippen molar-refractivity contribution < 1.29 is 19.1 Å². The summed E-state index contributed by atoms with van der Waals surface area (Å²) in [6.45, 7) is 15.6. The zero-order valence-corrected chi connectivity index (χ0v) is 15.0. The van der Waals surface area contributed by atoms with E-state index >= 15 is 0 Å². The lowest BCUT2D eigenvalue weighted by Gasteiger charge is -2.32. The normalized spacial score (nSPS) is 13.0. The molecule has 0 radical (unpaired) electrons. The van der Waals surface area contributed by atoms with E-state index in [1.807, 2.05) is 55.4 Å². The molecular formula is C17H32O4. The van der Waals surface area contributed by atoms with Crippen molar-refractivity contribution in [3.63, 3.8) is 0 Å². The summed E-state index contributed by atoms with van der Waals surface area (Å²) in [5.41, 5.74) is -1.34. The summed E-state index contributed by atoms with van der Waals surface area (Å²) in [4.78, 5) is 23.8. The Labute approximate surface area is 129 Å². The molecule has 0 aromatic carbocycles. The molecule has 0 fully saturated rings. The summed E-state index contributed by atoms with van der Waals surface area (Å²) in [5, 5.41) is 0. The number of rotatable bonds is 6. The maximum atomic E-state index is 11.9. The van der Waals surface area contributed by atoms with Crippen molar-refractivity contribution in [2.24, 2.45) is 16.2 Å². The van der Waals surface area contributed by atoms with Crippen LogP contribution < -0.4 is 0 Å². The molecule has 0 rings (SSSR count). The molecule has 0 spiro atoms. The van der Waals surface area contributed by atoms with Crippen LogP contribution in [0.4, 0.5) is 0 Å². The average molecular weight is 300 g/mol. The Morgan fingerprint density at radius 2 is 1.00 bits per heavy atom. The van der Waals surface area contributed by atoms with E-state index < -0.39 is 10.8 Å². The Balaban J connectivity index is 4.71. The van der Waals surface area contributed by atoms with Crippen molar-refractivity contribution in [1.82, 2.24) is 0 Å². The molecule has 4 heteroatoms. The maximum Gasteiger partial charge on any atom is 0.311 e. The number of carbonyl (C=O) groups is 2. The maximum absolute atomic E-state index is 11.9. The van der Waals surface area contributed by atoms with Gasteiger partial charge in [0.1, 0.15) is 13.2 Å². The van der Waals surface area contributed by atoms with E-state index in [-0.39, 0.29) is 30.6 Å². The lowest BCUT2D eigenvalue weighted by Crippen LogP contribution is -2.37. The van der Waals surface area contributed by atoms with Gasteiger partial charge in [0.05, 0.1) is 10.8 Å². The van der Waals surface area contributed by atoms with Gasteiger partial charge in [-0.2, -0.15) is 0 Å². The molecule has 0 saturated carbocycles. The predicted molar refractivity (Wildman–Crippen MR) is 83.8 cm³/mol. The van der Waals surface area contributed by atoms with Crippen LogP contribution in [0.2, 0.25) is 0 Å². The van der Waals surface area contributed by atoms with Crippen LogP contribution in [-0.4, -0.2) is 25.2 Å². The predicted octanol–water partition coefficient (Wildman–Crippen LogP) is 3.97. The highest BCUT2D eigenvalue weighted by atomic mass is 16.5. The Bertz CT molecular complexity index is 322. The first-order valence-electron chi connectivity index (χ1n) is 7.72. The number of hydrogen-bond donors (Lipinski definition) is 0. The van der Waals surface area contributed by atoms with E-state index in [2.05, 4.69) is 0 Å². The summed E-state index contributed by atoms with van der Waals surface area (Å²) < 4.78 is 10.9. The molecule has 0 atom stereocenters. The molecule has 0 aliphatic rings. The zero-order chi connectivity index (χ0) is 16.9. The summed E-state index contributed by atoms with van der Waals surface area (Å²) in [5.74, 6) is -0.452. The Morgan fingerprint density at radius 3 is 1.19 bits per heavy atom. The highest BCUT2D eigenvalue weighted by Crippen LogP contribution is 2.30. The molecule has 4 nitrogen and oxygen atoms in total. The third-order valence-corrected chi connectivity index (χ3v) is 3.74. The Kier molecular flexibility index (Phi) is 6.91. The third-order valence-electron chi connectivity index (χ3n) is 3.74. The topological polar surface area (TPSA) is 52.6 Å². The minimum absolute atomic E-state index is 0.226. The van der Waals surface area contributed by atoms with Gasteiger partial charge in [-0.05, 0) is 54.4 Å². The molecule has 124 valence electrons. The molecule has 0 aromatic heterocycles. The first-order valence-corrected chi connectivity index (χ1v) is 7.72. The van der Waals surface area contributed by atoms with Crippen LogP contribution in [0.3, 0.4) is 0 Å². The van der Waals surface area contributed by atoms with E-state index in [0.29, 0.717) is 0 Å². The SMILES string of the molecule is CCC(CC)(COC(=O)C(C)(C)C)COC(=O)C(C)(C)C. The van der Waals surface area contributed by atoms with Gasteiger partial charge in [0, 0.05) is 5.41 Å². The third kappa shape index (κ3) is 6.49. The van der Waals surface area contributed by atoms with Gasteiger partial charge in [0.2, 0.25) is 0 Å². The zero-order valence-electron chi connectivity index (χ0n) is 15.0. The van der Waals surface area contributed by atoms with Crippen LogP contribution in [0.5, 0.6) is 0 Å². The molecule has 0 amide bonds. The monoisotopic (exact) mass is 300 g/mol. The molecule has 21 heavy (non-hydrogen) atoms. The molecule has 0 aromatic rings. The number of esters is 2. The number of ether oxygens (including phenoxy) is 2. The van der Waals surface area contributed by atoms with Crippen LogP contribution >= 0.6 is 0 Å². The first kappa shape index (κ1) is 19.9. The van der Waals surface area contributed by atoms with Gasteiger partial charge in [0.15, 0.2) is 0 Å². The van der Waals surface area contributed by atoms with Gasteiger partial charge in [-0.1, -0.05) is 13.8 Å². The van der Waals surface area contributed by atoms with Crippen LogP contribution in [0.1, 0.15) is 68.2 Å². The number of carbonyl (C=O) groups excluding carboxylic acids is 2. The van der Waals surface area contributed by atoms with Crippen molar-refractivity contribution in [2.75, 3.05) is 13.2 Å². The summed E-state index contributed by atoms with van der Waals surface area (Å²) in [6.07, 6.45) is 1.58. The van der Waals surface area contributed by atoms with Gasteiger partial charge in [-0.15, -0.1) is 0 Å². The van der Waals surface area contributed by atoms with Crippen LogP contribution in [-0.2, 0) is 19.1 Å². The highest BCUT2D eigenvalue weighted by molar-refractivity contribution is 5.76. The van der Waals surface area contributed by atoms with Gasteiger partial charge in [-0.25, -0.2) is 0 Å². The fraction of sp³-hybridized carbons (Fsp3) is 0.882. The lowest BCUT2D eigenvalue weighted by molar-refractivity contribution is -0.164. The van der Waals surface area contributed by atoms with Crippen molar-refractivity contribution in [1.29, 1.82) is 0 Å². The fourth-order valence-corrected chi connectivity index (χ4v) is 1.57. The van der Waals surface area contributed by atoms with E-state index in [9.17, 15) is 9.59 Å². The lowest BCUT2D eigenvalue weighted by atomic mass is 9.84. The van der Waals surface area contributed by atoms with Crippen molar-refractivity contribution in [3.05, 3.63) is 0 Å². The smallest absolute Gasteiger partial charge is 0.311 e. The van der Waals surface area contributed by atoms with Gasteiger partial charge in [0.25, 0.3) is 0 Å². The molecule has 0 N–H and O–H groups in total. The molecule has 0 heterocycles. The van der Waals surface area contributed by atoms with Crippen molar-refractivity contribution in [3.8, 4) is 0 Å². The van der Waals surface area contributed by atoms with E-state index in [1.54, 1.807) is 0 Å². The summed E-state index contributed by atoms with van der Waals surface area (Å²) >= 11 is 0. The molecule has 0 saturated heterocycles. The quantitative estimate of drug-likeness (QED) is 0.696. The molecule has 0 aliphatic heterocycles. The highest BCUT2D eigenvalue weighted by Gasteiger charge is 2.34. The summed E-state index contributed by atoms with van der Waals surface area (Å²) in [7, 11) is 0. The van der Waals surface area contributed by atoms with E-state index in [0.717, 1.165) is 12.8 Å². The van der Waals surface area contributed by atoms with Crippen molar-refractivity contribution >= 4 is 11.9 Å². The number of hydrogen-bond acceptors (Lipinski definition) is 4. The van der Waals surface area contributed by atoms with E-state index in [1.165, 1.54) is 0 Å². The Hall–Kier alpha value is -1.06. The van der Waals surface area contributed by atoms with E-state index in [4.69, 9.17) is 9.47 Å².